The molecule has 6 heteroatoms. The Kier molecular flexibility index (Phi) is 7.55. The Bertz CT molecular complexity index is 654. The smallest absolute Gasteiger partial charge is 0.190 e. The second-order valence-corrected chi connectivity index (χ2v) is 6.27. The lowest BCUT2D eigenvalue weighted by atomic mass is 10.1. The van der Waals surface area contributed by atoms with E-state index in [1.54, 1.807) is 25.5 Å². The predicted molar refractivity (Wildman–Crippen MR) is 101 cm³/mol. The van der Waals surface area contributed by atoms with Gasteiger partial charge in [0.25, 0.3) is 0 Å². The Labute approximate surface area is 148 Å². The van der Waals surface area contributed by atoms with Crippen LogP contribution in [-0.4, -0.2) is 38.2 Å². The summed E-state index contributed by atoms with van der Waals surface area (Å²) >= 11 is 1.73. The van der Waals surface area contributed by atoms with Gasteiger partial charge in [-0.25, -0.2) is 4.98 Å². The van der Waals surface area contributed by atoms with Crippen LogP contribution in [0.2, 0.25) is 0 Å². The number of rotatable bonds is 8. The lowest BCUT2D eigenvalue weighted by Gasteiger charge is -2.12. The molecule has 0 atom stereocenters. The fourth-order valence-electron chi connectivity index (χ4n) is 2.38. The van der Waals surface area contributed by atoms with E-state index in [1.165, 1.54) is 10.6 Å². The average molecular weight is 347 g/mol. The largest absolute Gasteiger partial charge is 0.496 e. The number of aliphatic imine (C=N–C) groups is 1. The third-order valence-corrected chi connectivity index (χ3v) is 4.72. The fraction of sp³-hybridized carbons (Fsp3) is 0.444. The number of thiazole rings is 1. The third kappa shape index (κ3) is 5.53. The summed E-state index contributed by atoms with van der Waals surface area (Å²) in [6.07, 6.45) is 2.80. The van der Waals surface area contributed by atoms with Gasteiger partial charge in [0.15, 0.2) is 5.96 Å². The molecule has 1 heterocycles. The van der Waals surface area contributed by atoms with Crippen molar-refractivity contribution >= 4 is 17.3 Å². The van der Waals surface area contributed by atoms with Crippen LogP contribution in [0.25, 0.3) is 0 Å². The molecule has 1 aromatic carbocycles. The van der Waals surface area contributed by atoms with Crippen molar-refractivity contribution in [1.82, 2.24) is 15.6 Å². The highest BCUT2D eigenvalue weighted by Gasteiger charge is 2.04. The van der Waals surface area contributed by atoms with Gasteiger partial charge < -0.3 is 15.4 Å². The van der Waals surface area contributed by atoms with Crippen molar-refractivity contribution in [2.24, 2.45) is 4.99 Å². The van der Waals surface area contributed by atoms with Crippen molar-refractivity contribution in [1.29, 1.82) is 0 Å². The van der Waals surface area contributed by atoms with Gasteiger partial charge in [0.05, 0.1) is 17.8 Å². The molecule has 5 nitrogen and oxygen atoms in total. The molecule has 2 rings (SSSR count). The van der Waals surface area contributed by atoms with Crippen molar-refractivity contribution < 1.29 is 4.74 Å². The Hall–Kier alpha value is -2.08. The number of methoxy groups -OCH3 is 1. The van der Waals surface area contributed by atoms with E-state index in [4.69, 9.17) is 4.74 Å². The minimum absolute atomic E-state index is 0.802. The third-order valence-electron chi connectivity index (χ3n) is 3.68. The van der Waals surface area contributed by atoms with Crippen LogP contribution >= 0.6 is 11.3 Å². The summed E-state index contributed by atoms with van der Waals surface area (Å²) in [6.45, 7) is 3.76. The number of guanidine groups is 1. The SMILES string of the molecule is CCc1nc(CCNC(=NC)NCCc2ccccc2OC)cs1. The molecule has 0 radical (unpaired) electrons. The second kappa shape index (κ2) is 9.93. The monoisotopic (exact) mass is 346 g/mol. The van der Waals surface area contributed by atoms with Crippen LogP contribution < -0.4 is 15.4 Å². The van der Waals surface area contributed by atoms with Crippen molar-refractivity contribution in [2.45, 2.75) is 26.2 Å². The second-order valence-electron chi connectivity index (χ2n) is 5.32. The van der Waals surface area contributed by atoms with Crippen molar-refractivity contribution in [3.8, 4) is 5.75 Å². The van der Waals surface area contributed by atoms with Crippen LogP contribution in [-0.2, 0) is 19.3 Å². The van der Waals surface area contributed by atoms with Crippen molar-refractivity contribution in [2.75, 3.05) is 27.2 Å². The van der Waals surface area contributed by atoms with Crippen LogP contribution in [0.15, 0.2) is 34.6 Å². The predicted octanol–water partition coefficient (Wildman–Crippen LogP) is 2.66. The molecule has 2 aromatic rings. The Morgan fingerprint density at radius 1 is 1.21 bits per heavy atom. The molecule has 0 fully saturated rings. The number of benzene rings is 1. The molecule has 130 valence electrons. The zero-order chi connectivity index (χ0) is 17.2. The number of hydrogen-bond acceptors (Lipinski definition) is 4. The number of nitrogens with zero attached hydrogens (tertiary/aromatic N) is 2. The van der Waals surface area contributed by atoms with Crippen LogP contribution in [0.1, 0.15) is 23.2 Å². The summed E-state index contributed by atoms with van der Waals surface area (Å²) in [5, 5.41) is 10.0. The molecular formula is C18H26N4OS. The summed E-state index contributed by atoms with van der Waals surface area (Å²) in [4.78, 5) is 8.84. The van der Waals surface area contributed by atoms with E-state index < -0.39 is 0 Å². The average Bonchev–Trinajstić information content (AvgIpc) is 3.08. The molecule has 0 aliphatic heterocycles. The Balaban J connectivity index is 1.72. The molecule has 24 heavy (non-hydrogen) atoms. The fourth-order valence-corrected chi connectivity index (χ4v) is 3.16. The van der Waals surface area contributed by atoms with E-state index in [9.17, 15) is 0 Å². The zero-order valence-corrected chi connectivity index (χ0v) is 15.4. The molecule has 0 saturated carbocycles. The first-order valence-corrected chi connectivity index (χ1v) is 9.14. The van der Waals surface area contributed by atoms with Gasteiger partial charge in [0.2, 0.25) is 0 Å². The van der Waals surface area contributed by atoms with E-state index in [-0.39, 0.29) is 0 Å². The minimum atomic E-state index is 0.802. The first kappa shape index (κ1) is 18.3. The minimum Gasteiger partial charge on any atom is -0.496 e. The molecule has 0 aliphatic carbocycles. The van der Waals surface area contributed by atoms with Gasteiger partial charge >= 0.3 is 0 Å². The summed E-state index contributed by atoms with van der Waals surface area (Å²) in [5.41, 5.74) is 2.34. The Morgan fingerprint density at radius 3 is 2.62 bits per heavy atom. The van der Waals surface area contributed by atoms with E-state index in [2.05, 4.69) is 39.0 Å². The van der Waals surface area contributed by atoms with Crippen LogP contribution in [0.5, 0.6) is 5.75 Å². The summed E-state index contributed by atoms with van der Waals surface area (Å²) in [5.74, 6) is 1.74. The first-order valence-electron chi connectivity index (χ1n) is 8.26. The number of aryl methyl sites for hydroxylation is 1. The van der Waals surface area contributed by atoms with Crippen LogP contribution in [0, 0.1) is 0 Å². The number of hydrogen-bond donors (Lipinski definition) is 2. The number of para-hydroxylation sites is 1. The maximum atomic E-state index is 5.37. The van der Waals surface area contributed by atoms with Crippen molar-refractivity contribution in [3.05, 3.63) is 45.9 Å². The van der Waals surface area contributed by atoms with E-state index in [1.807, 2.05) is 18.2 Å². The summed E-state index contributed by atoms with van der Waals surface area (Å²) in [7, 11) is 3.49. The van der Waals surface area contributed by atoms with Crippen LogP contribution in [0.3, 0.4) is 0 Å². The number of aromatic nitrogens is 1. The van der Waals surface area contributed by atoms with E-state index in [0.29, 0.717) is 0 Å². The summed E-state index contributed by atoms with van der Waals surface area (Å²) in [6, 6.07) is 8.09. The molecule has 0 aliphatic rings. The van der Waals surface area contributed by atoms with Gasteiger partial charge in [0.1, 0.15) is 5.75 Å². The zero-order valence-electron chi connectivity index (χ0n) is 14.6. The molecular weight excluding hydrogens is 320 g/mol. The normalized spacial score (nSPS) is 11.4. The molecule has 1 aromatic heterocycles. The maximum absolute atomic E-state index is 5.37. The highest BCUT2D eigenvalue weighted by atomic mass is 32.1. The number of ether oxygens (including phenoxy) is 1. The first-order chi connectivity index (χ1) is 11.8. The van der Waals surface area contributed by atoms with Gasteiger partial charge in [-0.3, -0.25) is 4.99 Å². The lowest BCUT2D eigenvalue weighted by molar-refractivity contribution is 0.409. The topological polar surface area (TPSA) is 58.5 Å². The van der Waals surface area contributed by atoms with E-state index in [0.717, 1.165) is 49.8 Å². The van der Waals surface area contributed by atoms with Gasteiger partial charge in [0, 0.05) is 31.9 Å². The quantitative estimate of drug-likeness (QED) is 0.570. The highest BCUT2D eigenvalue weighted by Crippen LogP contribution is 2.17. The lowest BCUT2D eigenvalue weighted by Crippen LogP contribution is -2.39. The van der Waals surface area contributed by atoms with Gasteiger partial charge in [-0.2, -0.15) is 0 Å². The molecule has 0 amide bonds. The Morgan fingerprint density at radius 2 is 1.96 bits per heavy atom. The highest BCUT2D eigenvalue weighted by molar-refractivity contribution is 7.09. The number of nitrogens with one attached hydrogen (secondary N) is 2. The molecule has 0 bridgehead atoms. The molecule has 2 N–H and O–H groups in total. The molecule has 0 saturated heterocycles. The molecule has 0 spiro atoms. The standard InChI is InChI=1S/C18H26N4OS/c1-4-17-22-15(13-24-17)10-12-21-18(19-2)20-11-9-14-7-5-6-8-16(14)23-3/h5-8,13H,4,9-12H2,1-3H3,(H2,19,20,21). The molecule has 0 unspecified atom stereocenters. The van der Waals surface area contributed by atoms with E-state index >= 15 is 0 Å². The van der Waals surface area contributed by atoms with Crippen molar-refractivity contribution in [3.63, 3.8) is 0 Å². The van der Waals surface area contributed by atoms with Gasteiger partial charge in [-0.15, -0.1) is 11.3 Å². The summed E-state index contributed by atoms with van der Waals surface area (Å²) < 4.78 is 5.37. The van der Waals surface area contributed by atoms with Gasteiger partial charge in [-0.05, 0) is 24.5 Å². The van der Waals surface area contributed by atoms with Gasteiger partial charge in [-0.1, -0.05) is 25.1 Å². The van der Waals surface area contributed by atoms with Crippen LogP contribution in [0.4, 0.5) is 0 Å². The maximum Gasteiger partial charge on any atom is 0.190 e.